The first-order chi connectivity index (χ1) is 22.8. The van der Waals surface area contributed by atoms with Crippen molar-refractivity contribution in [2.24, 2.45) is 0 Å². The summed E-state index contributed by atoms with van der Waals surface area (Å²) in [7, 11) is 0. The van der Waals surface area contributed by atoms with Crippen LogP contribution in [0.5, 0.6) is 5.75 Å². The first kappa shape index (κ1) is 35.7. The molecular weight excluding hydrogens is 621 g/mol. The van der Waals surface area contributed by atoms with Gasteiger partial charge in [0, 0.05) is 23.6 Å². The normalized spacial score (nSPS) is 12.6. The minimum Gasteiger partial charge on any atom is -0.481 e. The highest BCUT2D eigenvalue weighted by Crippen LogP contribution is 2.37. The zero-order valence-corrected chi connectivity index (χ0v) is 27.3. The molecule has 10 heteroatoms. The summed E-state index contributed by atoms with van der Waals surface area (Å²) in [4.78, 5) is 37.1. The summed E-state index contributed by atoms with van der Waals surface area (Å²) in [6.07, 6.45) is -3.71. The summed E-state index contributed by atoms with van der Waals surface area (Å²) in [6, 6.07) is 23.2. The van der Waals surface area contributed by atoms with E-state index in [1.54, 1.807) is 36.4 Å². The van der Waals surface area contributed by atoms with E-state index >= 15 is 0 Å². The average molecular weight is 661 g/mol. The smallest absolute Gasteiger partial charge is 0.481 e. The maximum atomic E-state index is 13.8. The molecule has 0 aliphatic carbocycles. The minimum absolute atomic E-state index is 0.0122. The lowest BCUT2D eigenvalue weighted by Gasteiger charge is -2.29. The van der Waals surface area contributed by atoms with E-state index in [1.807, 2.05) is 26.0 Å². The highest BCUT2D eigenvalue weighted by molar-refractivity contribution is 5.95. The van der Waals surface area contributed by atoms with Gasteiger partial charge in [0.1, 0.15) is 5.75 Å². The van der Waals surface area contributed by atoms with Gasteiger partial charge in [0.25, 0.3) is 11.8 Å². The van der Waals surface area contributed by atoms with E-state index in [-0.39, 0.29) is 30.5 Å². The molecule has 3 N–H and O–H groups in total. The van der Waals surface area contributed by atoms with Crippen LogP contribution in [0.2, 0.25) is 0 Å². The third-order valence-electron chi connectivity index (χ3n) is 8.10. The van der Waals surface area contributed by atoms with Crippen molar-refractivity contribution in [1.29, 1.82) is 0 Å². The van der Waals surface area contributed by atoms with Gasteiger partial charge in [-0.15, -0.1) is 13.2 Å². The second-order valence-corrected chi connectivity index (χ2v) is 11.8. The molecule has 0 heterocycles. The number of carboxylic acid groups (broad SMARTS) is 1. The van der Waals surface area contributed by atoms with E-state index in [0.717, 1.165) is 34.2 Å². The number of carboxylic acids is 1. The van der Waals surface area contributed by atoms with Gasteiger partial charge in [-0.25, -0.2) is 0 Å². The number of ether oxygens (including phenoxy) is 1. The molecule has 0 bridgehead atoms. The summed E-state index contributed by atoms with van der Waals surface area (Å²) >= 11 is 0. The van der Waals surface area contributed by atoms with E-state index < -0.39 is 24.3 Å². The molecule has 0 fully saturated rings. The summed E-state index contributed by atoms with van der Waals surface area (Å²) in [6.45, 7) is 8.13. The first-order valence-electron chi connectivity index (χ1n) is 15.7. The van der Waals surface area contributed by atoms with Crippen molar-refractivity contribution >= 4 is 17.8 Å². The Bertz CT molecular complexity index is 1710. The van der Waals surface area contributed by atoms with Crippen LogP contribution >= 0.6 is 0 Å². The van der Waals surface area contributed by atoms with Crippen LogP contribution in [0.1, 0.15) is 86.7 Å². The topological polar surface area (TPSA) is 105 Å². The second-order valence-electron chi connectivity index (χ2n) is 11.8. The van der Waals surface area contributed by atoms with Crippen LogP contribution in [-0.4, -0.2) is 35.8 Å². The summed E-state index contributed by atoms with van der Waals surface area (Å²) in [5.41, 5.74) is 7.67. The van der Waals surface area contributed by atoms with E-state index in [1.165, 1.54) is 29.8 Å². The molecule has 0 radical (unpaired) electrons. The number of hydrogen-bond acceptors (Lipinski definition) is 4. The summed E-state index contributed by atoms with van der Waals surface area (Å²) in [5, 5.41) is 14.5. The number of hydrogen-bond donors (Lipinski definition) is 3. The average Bonchev–Trinajstić information content (AvgIpc) is 3.02. The van der Waals surface area contributed by atoms with Crippen LogP contribution < -0.4 is 15.4 Å². The maximum Gasteiger partial charge on any atom is 0.573 e. The molecule has 0 spiro atoms. The molecule has 4 rings (SSSR count). The van der Waals surface area contributed by atoms with Gasteiger partial charge >= 0.3 is 12.3 Å². The Morgan fingerprint density at radius 3 is 1.88 bits per heavy atom. The van der Waals surface area contributed by atoms with Crippen molar-refractivity contribution in [1.82, 2.24) is 10.6 Å². The maximum absolute atomic E-state index is 13.8. The van der Waals surface area contributed by atoms with E-state index in [0.29, 0.717) is 23.1 Å². The van der Waals surface area contributed by atoms with Gasteiger partial charge in [0.15, 0.2) is 0 Å². The molecule has 0 saturated heterocycles. The molecule has 4 aromatic carbocycles. The molecule has 252 valence electrons. The molecule has 2 atom stereocenters. The minimum atomic E-state index is -4.84. The van der Waals surface area contributed by atoms with Crippen LogP contribution in [-0.2, 0) is 4.79 Å². The highest BCUT2D eigenvalue weighted by atomic mass is 19.4. The SMILES string of the molecule is CCC[C@@H](c1ccc(C(=O)NCCC(=O)O)cc1)[C@H](NC(=O)c1ccc(-c2c(C)cc(C)cc2C)cc1)c1ccc(OC(F)(F)F)cc1. The largest absolute Gasteiger partial charge is 0.573 e. The fraction of sp³-hybridized carbons (Fsp3) is 0.289. The van der Waals surface area contributed by atoms with Crippen LogP contribution in [0, 0.1) is 20.8 Å². The zero-order chi connectivity index (χ0) is 35.0. The van der Waals surface area contributed by atoms with Gasteiger partial charge in [0.2, 0.25) is 0 Å². The lowest BCUT2D eigenvalue weighted by molar-refractivity contribution is -0.274. The predicted octanol–water partition coefficient (Wildman–Crippen LogP) is 8.44. The standard InChI is InChI=1S/C38H39F3N2O5/c1-5-6-32(26-7-11-29(12-8-26)36(46)42-20-19-33(44)45)35(28-15-17-31(18-16-28)48-38(39,40)41)43-37(47)30-13-9-27(10-14-30)34-24(3)21-23(2)22-25(34)4/h7-18,21-22,32,35H,5-6,19-20H2,1-4H3,(H,42,46)(H,43,47)(H,44,45)/t32-,35+/m0/s1. The molecule has 4 aromatic rings. The van der Waals surface area contributed by atoms with Crippen molar-refractivity contribution in [2.45, 2.75) is 65.3 Å². The molecule has 0 aliphatic rings. The van der Waals surface area contributed by atoms with Gasteiger partial charge in [-0.05, 0) is 97.0 Å². The zero-order valence-electron chi connectivity index (χ0n) is 27.3. The highest BCUT2D eigenvalue weighted by Gasteiger charge is 2.32. The molecule has 0 aromatic heterocycles. The number of nitrogens with one attached hydrogen (secondary N) is 2. The van der Waals surface area contributed by atoms with Crippen LogP contribution in [0.4, 0.5) is 13.2 Å². The second kappa shape index (κ2) is 15.6. The molecule has 7 nitrogen and oxygen atoms in total. The fourth-order valence-electron chi connectivity index (χ4n) is 6.04. The predicted molar refractivity (Wildman–Crippen MR) is 178 cm³/mol. The molecule has 0 aliphatic heterocycles. The Hall–Kier alpha value is -5.12. The van der Waals surface area contributed by atoms with Gasteiger partial charge in [-0.3, -0.25) is 14.4 Å². The lowest BCUT2D eigenvalue weighted by atomic mass is 9.83. The van der Waals surface area contributed by atoms with Crippen molar-refractivity contribution in [3.05, 3.63) is 124 Å². The first-order valence-corrected chi connectivity index (χ1v) is 15.7. The number of aliphatic carboxylic acids is 1. The van der Waals surface area contributed by atoms with Gasteiger partial charge < -0.3 is 20.5 Å². The van der Waals surface area contributed by atoms with Gasteiger partial charge in [0.05, 0.1) is 12.5 Å². The van der Waals surface area contributed by atoms with Crippen molar-refractivity contribution in [2.75, 3.05) is 6.54 Å². The van der Waals surface area contributed by atoms with Gasteiger partial charge in [-0.1, -0.05) is 67.4 Å². The molecule has 2 amide bonds. The number of aryl methyl sites for hydroxylation is 3. The Labute approximate surface area is 278 Å². The van der Waals surface area contributed by atoms with Crippen LogP contribution in [0.25, 0.3) is 11.1 Å². The van der Waals surface area contributed by atoms with Crippen LogP contribution in [0.15, 0.2) is 84.9 Å². The molecule has 0 saturated carbocycles. The number of halogens is 3. The molecule has 48 heavy (non-hydrogen) atoms. The van der Waals surface area contributed by atoms with Crippen LogP contribution in [0.3, 0.4) is 0 Å². The third-order valence-corrected chi connectivity index (χ3v) is 8.10. The summed E-state index contributed by atoms with van der Waals surface area (Å²) < 4.78 is 42.7. The van der Waals surface area contributed by atoms with E-state index in [2.05, 4.69) is 41.4 Å². The number of carbonyl (C=O) groups excluding carboxylic acids is 2. The number of amides is 2. The lowest BCUT2D eigenvalue weighted by Crippen LogP contribution is -2.33. The summed E-state index contributed by atoms with van der Waals surface area (Å²) in [5.74, 6) is -2.48. The van der Waals surface area contributed by atoms with Crippen molar-refractivity contribution in [3.63, 3.8) is 0 Å². The fourth-order valence-corrected chi connectivity index (χ4v) is 6.04. The Morgan fingerprint density at radius 2 is 1.33 bits per heavy atom. The Morgan fingerprint density at radius 1 is 0.792 bits per heavy atom. The Kier molecular flexibility index (Phi) is 11.6. The number of carbonyl (C=O) groups is 3. The number of benzene rings is 4. The quantitative estimate of drug-likeness (QED) is 0.134. The van der Waals surface area contributed by atoms with E-state index in [4.69, 9.17) is 5.11 Å². The molecule has 0 unspecified atom stereocenters. The Balaban J connectivity index is 1.65. The van der Waals surface area contributed by atoms with E-state index in [9.17, 15) is 27.6 Å². The number of rotatable bonds is 13. The van der Waals surface area contributed by atoms with Gasteiger partial charge in [-0.2, -0.15) is 0 Å². The van der Waals surface area contributed by atoms with Crippen molar-refractivity contribution < 1.29 is 37.4 Å². The van der Waals surface area contributed by atoms with Crippen molar-refractivity contribution in [3.8, 4) is 16.9 Å². The monoisotopic (exact) mass is 660 g/mol. The third kappa shape index (κ3) is 9.47. The molecular formula is C38H39F3N2O5. The number of alkyl halides is 3.